The second-order valence-corrected chi connectivity index (χ2v) is 8.10. The molecule has 1 saturated carbocycles. The van der Waals surface area contributed by atoms with E-state index < -0.39 is 12.0 Å². The molecule has 0 spiro atoms. The number of rotatable bonds is 5. The van der Waals surface area contributed by atoms with Crippen LogP contribution in [0.4, 0.5) is 15.6 Å². The van der Waals surface area contributed by atoms with Crippen molar-refractivity contribution >= 4 is 63.1 Å². The number of nitrogens with zero attached hydrogens (tertiary/aromatic N) is 1. The molecule has 0 radical (unpaired) electrons. The van der Waals surface area contributed by atoms with Crippen molar-refractivity contribution in [2.75, 3.05) is 10.6 Å². The molecule has 0 aliphatic heterocycles. The highest BCUT2D eigenvalue weighted by Gasteiger charge is 2.26. The van der Waals surface area contributed by atoms with Crippen molar-refractivity contribution < 1.29 is 19.5 Å². The van der Waals surface area contributed by atoms with Crippen LogP contribution in [-0.2, 0) is 0 Å². The van der Waals surface area contributed by atoms with Gasteiger partial charge in [0, 0.05) is 16.5 Å². The monoisotopic (exact) mass is 427 g/mol. The molecule has 1 aromatic carbocycles. The summed E-state index contributed by atoms with van der Waals surface area (Å²) in [4.78, 5) is 39.7. The van der Waals surface area contributed by atoms with E-state index in [1.165, 1.54) is 0 Å². The number of carboxylic acid groups (broad SMARTS) is 1. The summed E-state index contributed by atoms with van der Waals surface area (Å²) in [7, 11) is 0. The van der Waals surface area contributed by atoms with Gasteiger partial charge in [-0.05, 0) is 31.0 Å². The molecule has 10 heteroatoms. The van der Waals surface area contributed by atoms with Crippen LogP contribution in [0.2, 0.25) is 9.36 Å². The van der Waals surface area contributed by atoms with E-state index in [0.29, 0.717) is 16.3 Å². The van der Waals surface area contributed by atoms with Gasteiger partial charge in [0.25, 0.3) is 0 Å². The molecule has 142 valence electrons. The Balaban J connectivity index is 1.76. The number of hydrogen-bond donors (Lipinski definition) is 3. The molecular formula is C17H15Cl2N3O4S. The van der Waals surface area contributed by atoms with Crippen LogP contribution < -0.4 is 10.6 Å². The van der Waals surface area contributed by atoms with Crippen LogP contribution in [0, 0.1) is 5.92 Å². The van der Waals surface area contributed by atoms with Crippen LogP contribution in [0.1, 0.15) is 46.5 Å². The number of benzene rings is 1. The van der Waals surface area contributed by atoms with Crippen LogP contribution in [0.15, 0.2) is 18.2 Å². The van der Waals surface area contributed by atoms with Crippen molar-refractivity contribution in [2.45, 2.75) is 25.7 Å². The zero-order valence-corrected chi connectivity index (χ0v) is 16.2. The molecule has 2 amide bonds. The minimum Gasteiger partial charge on any atom is -0.476 e. The first kappa shape index (κ1) is 19.6. The molecule has 1 aromatic heterocycles. The van der Waals surface area contributed by atoms with Gasteiger partial charge in [-0.3, -0.25) is 10.1 Å². The molecule has 1 aliphatic rings. The van der Waals surface area contributed by atoms with Gasteiger partial charge in [-0.2, -0.15) is 0 Å². The van der Waals surface area contributed by atoms with Gasteiger partial charge in [0.15, 0.2) is 16.6 Å². The predicted molar refractivity (Wildman–Crippen MR) is 104 cm³/mol. The van der Waals surface area contributed by atoms with Gasteiger partial charge in [-0.1, -0.05) is 47.4 Å². The Hall–Kier alpha value is -2.16. The molecule has 3 N–H and O–H groups in total. The number of aromatic carboxylic acids is 1. The van der Waals surface area contributed by atoms with E-state index >= 15 is 0 Å². The fourth-order valence-electron chi connectivity index (χ4n) is 2.97. The van der Waals surface area contributed by atoms with E-state index in [1.807, 2.05) is 0 Å². The lowest BCUT2D eigenvalue weighted by Crippen LogP contribution is -2.22. The number of hydrogen-bond acceptors (Lipinski definition) is 5. The molecule has 3 rings (SSSR count). The second-order valence-electron chi connectivity index (χ2n) is 6.06. The summed E-state index contributed by atoms with van der Waals surface area (Å²) in [6, 6.07) is 4.01. The molecule has 0 unspecified atom stereocenters. The summed E-state index contributed by atoms with van der Waals surface area (Å²) in [6.45, 7) is 0. The summed E-state index contributed by atoms with van der Waals surface area (Å²) in [5, 5.41) is 14.4. The summed E-state index contributed by atoms with van der Waals surface area (Å²) >= 11 is 12.6. The van der Waals surface area contributed by atoms with Gasteiger partial charge in [0.1, 0.15) is 4.34 Å². The molecule has 0 atom stereocenters. The first-order valence-electron chi connectivity index (χ1n) is 8.16. The van der Waals surface area contributed by atoms with Crippen molar-refractivity contribution in [1.29, 1.82) is 0 Å². The molecule has 1 aliphatic carbocycles. The SMILES string of the molecule is O=C(Nc1nc(C(=O)O)c(Cl)s1)Nc1ccc(Cl)cc1C(=O)C1CCCC1. The van der Waals surface area contributed by atoms with Crippen molar-refractivity contribution in [1.82, 2.24) is 4.98 Å². The van der Waals surface area contributed by atoms with E-state index in [2.05, 4.69) is 15.6 Å². The second kappa shape index (κ2) is 8.24. The van der Waals surface area contributed by atoms with Gasteiger partial charge < -0.3 is 10.4 Å². The number of carbonyl (C=O) groups excluding carboxylic acids is 2. The first-order valence-corrected chi connectivity index (χ1v) is 9.74. The topological polar surface area (TPSA) is 108 Å². The van der Waals surface area contributed by atoms with E-state index in [-0.39, 0.29) is 26.9 Å². The Bertz CT molecular complexity index is 910. The molecule has 1 fully saturated rings. The van der Waals surface area contributed by atoms with Crippen LogP contribution in [0.3, 0.4) is 0 Å². The third kappa shape index (κ3) is 4.58. The number of ketones is 1. The number of thiazole rings is 1. The highest BCUT2D eigenvalue weighted by atomic mass is 35.5. The zero-order valence-electron chi connectivity index (χ0n) is 13.9. The summed E-state index contributed by atoms with van der Waals surface area (Å²) in [5.74, 6) is -1.40. The number of anilines is 2. The molecule has 0 saturated heterocycles. The van der Waals surface area contributed by atoms with E-state index in [9.17, 15) is 14.4 Å². The number of aromatic nitrogens is 1. The lowest BCUT2D eigenvalue weighted by Gasteiger charge is -2.14. The standard InChI is InChI=1S/C17H15Cl2N3O4S/c18-9-5-6-11(10(7-9)13(23)8-3-1-2-4-8)20-16(26)22-17-21-12(15(24)25)14(19)27-17/h5-8H,1-4H2,(H,24,25)(H2,20,21,22,26). The lowest BCUT2D eigenvalue weighted by atomic mass is 9.95. The quantitative estimate of drug-likeness (QED) is 0.570. The molecule has 2 aromatic rings. The fraction of sp³-hybridized carbons (Fsp3) is 0.294. The molecule has 27 heavy (non-hydrogen) atoms. The fourth-order valence-corrected chi connectivity index (χ4v) is 4.17. The minimum atomic E-state index is -1.29. The Morgan fingerprint density at radius 3 is 2.48 bits per heavy atom. The summed E-state index contributed by atoms with van der Waals surface area (Å²) in [6.07, 6.45) is 3.67. The molecule has 1 heterocycles. The van der Waals surface area contributed by atoms with Gasteiger partial charge in [-0.15, -0.1) is 0 Å². The van der Waals surface area contributed by atoms with Crippen LogP contribution in [-0.4, -0.2) is 27.9 Å². The average molecular weight is 428 g/mol. The van der Waals surface area contributed by atoms with Crippen LogP contribution in [0.5, 0.6) is 0 Å². The summed E-state index contributed by atoms with van der Waals surface area (Å²) < 4.78 is -0.0404. The van der Waals surface area contributed by atoms with Crippen LogP contribution >= 0.6 is 34.5 Å². The van der Waals surface area contributed by atoms with Gasteiger partial charge in [0.05, 0.1) is 5.69 Å². The van der Waals surface area contributed by atoms with Crippen LogP contribution in [0.25, 0.3) is 0 Å². The smallest absolute Gasteiger partial charge is 0.357 e. The Kier molecular flexibility index (Phi) is 5.98. The van der Waals surface area contributed by atoms with E-state index in [1.54, 1.807) is 18.2 Å². The number of carboxylic acids is 1. The van der Waals surface area contributed by atoms with E-state index in [0.717, 1.165) is 37.0 Å². The predicted octanol–water partition coefficient (Wildman–Crippen LogP) is 5.17. The zero-order chi connectivity index (χ0) is 19.6. The maximum atomic E-state index is 12.8. The molecular weight excluding hydrogens is 413 g/mol. The number of amides is 2. The third-order valence-electron chi connectivity index (χ3n) is 4.23. The number of urea groups is 1. The largest absolute Gasteiger partial charge is 0.476 e. The number of Topliss-reactive ketones (excluding diaryl/α,β-unsaturated/α-hetero) is 1. The minimum absolute atomic E-state index is 0.0348. The average Bonchev–Trinajstić information content (AvgIpc) is 3.25. The van der Waals surface area contributed by atoms with Crippen molar-refractivity contribution in [3.8, 4) is 0 Å². The normalized spacial score (nSPS) is 14.1. The maximum absolute atomic E-state index is 12.8. The Morgan fingerprint density at radius 2 is 1.85 bits per heavy atom. The first-order chi connectivity index (χ1) is 12.8. The molecule has 7 nitrogen and oxygen atoms in total. The van der Waals surface area contributed by atoms with Gasteiger partial charge in [-0.25, -0.2) is 14.6 Å². The number of halogens is 2. The van der Waals surface area contributed by atoms with Gasteiger partial charge in [0.2, 0.25) is 0 Å². The van der Waals surface area contributed by atoms with E-state index in [4.69, 9.17) is 28.3 Å². The van der Waals surface area contributed by atoms with Crippen molar-refractivity contribution in [2.24, 2.45) is 5.92 Å². The number of nitrogens with one attached hydrogen (secondary N) is 2. The maximum Gasteiger partial charge on any atom is 0.357 e. The van der Waals surface area contributed by atoms with Gasteiger partial charge >= 0.3 is 12.0 Å². The number of carbonyl (C=O) groups is 3. The Morgan fingerprint density at radius 1 is 1.15 bits per heavy atom. The molecule has 0 bridgehead atoms. The van der Waals surface area contributed by atoms with Crippen molar-refractivity contribution in [3.63, 3.8) is 0 Å². The van der Waals surface area contributed by atoms with Crippen molar-refractivity contribution in [3.05, 3.63) is 38.8 Å². The highest BCUT2D eigenvalue weighted by molar-refractivity contribution is 7.20. The highest BCUT2D eigenvalue weighted by Crippen LogP contribution is 2.32. The third-order valence-corrected chi connectivity index (χ3v) is 5.63. The summed E-state index contributed by atoms with van der Waals surface area (Å²) in [5.41, 5.74) is 0.350. The Labute approximate surface area is 168 Å². The lowest BCUT2D eigenvalue weighted by molar-refractivity contribution is 0.0691.